The molecule has 2 heterocycles. The number of carbonyl (C=O) groups is 2. The van der Waals surface area contributed by atoms with Crippen LogP contribution in [0.15, 0.2) is 23.1 Å². The highest BCUT2D eigenvalue weighted by atomic mass is 35.5. The molecule has 2 fully saturated rings. The van der Waals surface area contributed by atoms with E-state index < -0.39 is 50.3 Å². The van der Waals surface area contributed by atoms with Crippen molar-refractivity contribution in [2.45, 2.75) is 37.1 Å². The van der Waals surface area contributed by atoms with E-state index in [1.165, 1.54) is 21.3 Å². The molecular weight excluding hydrogens is 515 g/mol. The van der Waals surface area contributed by atoms with Gasteiger partial charge in [0.2, 0.25) is 10.0 Å². The van der Waals surface area contributed by atoms with Gasteiger partial charge in [-0.15, -0.1) is 0 Å². The number of likely N-dealkylation sites (N-methyl/N-ethyl adjacent to an activating group) is 1. The van der Waals surface area contributed by atoms with E-state index in [1.54, 1.807) is 13.0 Å². The average Bonchev–Trinajstić information content (AvgIpc) is 3.11. The smallest absolute Gasteiger partial charge is 0.309 e. The number of piperidine rings is 1. The lowest BCUT2D eigenvalue weighted by atomic mass is 9.98. The molecule has 0 spiro atoms. The number of hydrogen-bond acceptors (Lipinski definition) is 7. The minimum Gasteiger partial charge on any atom is -0.455 e. The first-order valence-corrected chi connectivity index (χ1v) is 14.6. The molecule has 0 radical (unpaired) electrons. The minimum atomic E-state index is -3.92. The van der Waals surface area contributed by atoms with Crippen molar-refractivity contribution in [3.63, 3.8) is 0 Å². The number of sulfone groups is 1. The molecule has 2 aliphatic rings. The van der Waals surface area contributed by atoms with Crippen molar-refractivity contribution in [2.75, 3.05) is 37.7 Å². The van der Waals surface area contributed by atoms with Gasteiger partial charge in [0.1, 0.15) is 4.90 Å². The van der Waals surface area contributed by atoms with Gasteiger partial charge < -0.3 is 9.64 Å². The molecule has 13 heteroatoms. The van der Waals surface area contributed by atoms with Crippen LogP contribution in [-0.2, 0) is 34.2 Å². The summed E-state index contributed by atoms with van der Waals surface area (Å²) >= 11 is 12.1. The van der Waals surface area contributed by atoms with Crippen LogP contribution in [0.4, 0.5) is 0 Å². The van der Waals surface area contributed by atoms with Crippen molar-refractivity contribution in [3.8, 4) is 0 Å². The maximum absolute atomic E-state index is 12.9. The number of ether oxygens (including phenoxy) is 1. The summed E-state index contributed by atoms with van der Waals surface area (Å²) in [5.41, 5.74) is 0. The molecule has 9 nitrogen and oxygen atoms in total. The highest BCUT2D eigenvalue weighted by Gasteiger charge is 2.36. The molecule has 3 rings (SSSR count). The lowest BCUT2D eigenvalue weighted by Gasteiger charge is -2.31. The van der Waals surface area contributed by atoms with Gasteiger partial charge in [-0.05, 0) is 38.3 Å². The van der Waals surface area contributed by atoms with E-state index in [0.29, 0.717) is 13.0 Å². The summed E-state index contributed by atoms with van der Waals surface area (Å²) in [4.78, 5) is 26.3. The predicted molar refractivity (Wildman–Crippen MR) is 123 cm³/mol. The fourth-order valence-corrected chi connectivity index (χ4v) is 8.47. The third kappa shape index (κ3) is 6.00. The summed E-state index contributed by atoms with van der Waals surface area (Å²) in [6, 6.07) is 4.04. The molecule has 0 aliphatic carbocycles. The summed E-state index contributed by atoms with van der Waals surface area (Å²) in [6.07, 6.45) is 0.831. The third-order valence-electron chi connectivity index (χ3n) is 5.95. The van der Waals surface area contributed by atoms with Gasteiger partial charge in [-0.3, -0.25) is 9.59 Å². The fraction of sp³-hybridized carbons (Fsp3) is 0.600. The van der Waals surface area contributed by atoms with E-state index in [0.717, 1.165) is 0 Å². The van der Waals surface area contributed by atoms with E-state index in [2.05, 4.69) is 0 Å². The summed E-state index contributed by atoms with van der Waals surface area (Å²) in [5.74, 6) is -1.61. The molecule has 184 valence electrons. The van der Waals surface area contributed by atoms with Gasteiger partial charge in [0.15, 0.2) is 16.4 Å². The number of amides is 1. The SMILES string of the molecule is CCN(C(=O)COC(=O)C1CCN(S(=O)(=O)c2c(Cl)cccc2Cl)CC1)C1CCS(=O)(=O)C1. The van der Waals surface area contributed by atoms with Crippen molar-refractivity contribution < 1.29 is 31.2 Å². The zero-order chi connectivity index (χ0) is 24.4. The number of sulfonamides is 1. The molecule has 0 N–H and O–H groups in total. The van der Waals surface area contributed by atoms with Crippen LogP contribution in [0.2, 0.25) is 10.0 Å². The van der Waals surface area contributed by atoms with Crippen LogP contribution in [0.25, 0.3) is 0 Å². The minimum absolute atomic E-state index is 0.0260. The Morgan fingerprint density at radius 1 is 1.15 bits per heavy atom. The molecule has 1 unspecified atom stereocenters. The Hall–Kier alpha value is -1.40. The second kappa shape index (κ2) is 10.5. The van der Waals surface area contributed by atoms with Crippen molar-refractivity contribution in [2.24, 2.45) is 5.92 Å². The maximum atomic E-state index is 12.9. The van der Waals surface area contributed by atoms with Crippen LogP contribution in [0.5, 0.6) is 0 Å². The highest BCUT2D eigenvalue weighted by molar-refractivity contribution is 7.91. The van der Waals surface area contributed by atoms with Crippen molar-refractivity contribution in [1.29, 1.82) is 0 Å². The molecule has 1 aromatic carbocycles. The Morgan fingerprint density at radius 3 is 2.27 bits per heavy atom. The van der Waals surface area contributed by atoms with Crippen LogP contribution in [0, 0.1) is 5.92 Å². The van der Waals surface area contributed by atoms with Crippen LogP contribution in [0.3, 0.4) is 0 Å². The number of carbonyl (C=O) groups excluding carboxylic acids is 2. The van der Waals surface area contributed by atoms with E-state index in [1.807, 2.05) is 0 Å². The van der Waals surface area contributed by atoms with E-state index in [-0.39, 0.29) is 52.4 Å². The number of hydrogen-bond donors (Lipinski definition) is 0. The molecular formula is C20H26Cl2N2O7S2. The lowest BCUT2D eigenvalue weighted by Crippen LogP contribution is -2.44. The van der Waals surface area contributed by atoms with Crippen molar-refractivity contribution in [1.82, 2.24) is 9.21 Å². The monoisotopic (exact) mass is 540 g/mol. The average molecular weight is 541 g/mol. The largest absolute Gasteiger partial charge is 0.455 e. The van der Waals surface area contributed by atoms with Crippen LogP contribution in [0.1, 0.15) is 26.2 Å². The first-order chi connectivity index (χ1) is 15.5. The molecule has 1 atom stereocenters. The molecule has 0 bridgehead atoms. The summed E-state index contributed by atoms with van der Waals surface area (Å²) in [6.45, 7) is 1.75. The maximum Gasteiger partial charge on any atom is 0.309 e. The number of benzene rings is 1. The quantitative estimate of drug-likeness (QED) is 0.485. The second-order valence-electron chi connectivity index (χ2n) is 8.07. The Bertz CT molecular complexity index is 1100. The third-order valence-corrected chi connectivity index (χ3v) is 10.6. The topological polar surface area (TPSA) is 118 Å². The van der Waals surface area contributed by atoms with Gasteiger partial charge in [0, 0.05) is 25.7 Å². The van der Waals surface area contributed by atoms with Crippen molar-refractivity contribution >= 4 is 54.9 Å². The molecule has 1 amide bonds. The lowest BCUT2D eigenvalue weighted by molar-refractivity contribution is -0.157. The molecule has 2 aliphatic heterocycles. The van der Waals surface area contributed by atoms with Gasteiger partial charge in [0.05, 0.1) is 27.5 Å². The van der Waals surface area contributed by atoms with Gasteiger partial charge in [0.25, 0.3) is 5.91 Å². The summed E-state index contributed by atoms with van der Waals surface area (Å²) in [5, 5.41) is 0.0520. The van der Waals surface area contributed by atoms with E-state index in [4.69, 9.17) is 27.9 Å². The Morgan fingerprint density at radius 2 is 1.76 bits per heavy atom. The zero-order valence-corrected chi connectivity index (χ0v) is 21.2. The predicted octanol–water partition coefficient (Wildman–Crippen LogP) is 1.97. The van der Waals surface area contributed by atoms with Gasteiger partial charge >= 0.3 is 5.97 Å². The van der Waals surface area contributed by atoms with Crippen molar-refractivity contribution in [3.05, 3.63) is 28.2 Å². The first-order valence-electron chi connectivity index (χ1n) is 10.6. The molecule has 0 aromatic heterocycles. The van der Waals surface area contributed by atoms with Gasteiger partial charge in [-0.2, -0.15) is 4.31 Å². The highest BCUT2D eigenvalue weighted by Crippen LogP contribution is 2.33. The van der Waals surface area contributed by atoms with E-state index in [9.17, 15) is 26.4 Å². The number of rotatable bonds is 7. The van der Waals surface area contributed by atoms with E-state index >= 15 is 0 Å². The number of nitrogens with zero attached hydrogens (tertiary/aromatic N) is 2. The molecule has 2 saturated heterocycles. The molecule has 0 saturated carbocycles. The normalized spacial score (nSPS) is 21.6. The molecule has 1 aromatic rings. The number of esters is 1. The second-order valence-corrected chi connectivity index (χ2v) is 13.0. The van der Waals surface area contributed by atoms with Crippen LogP contribution < -0.4 is 0 Å². The Kier molecular flexibility index (Phi) is 8.32. The molecule has 33 heavy (non-hydrogen) atoms. The van der Waals surface area contributed by atoms with Gasteiger partial charge in [-0.25, -0.2) is 16.8 Å². The fourth-order valence-electron chi connectivity index (χ4n) is 4.18. The van der Waals surface area contributed by atoms with Crippen LogP contribution >= 0.6 is 23.2 Å². The Labute approximate surface area is 203 Å². The summed E-state index contributed by atoms with van der Waals surface area (Å²) in [7, 11) is -7.07. The van der Waals surface area contributed by atoms with Gasteiger partial charge in [-0.1, -0.05) is 29.3 Å². The number of halogens is 2. The standard InChI is InChI=1S/C20H26Cl2N2O7S2/c1-2-24(15-8-11-32(27,28)13-15)18(25)12-31-20(26)14-6-9-23(10-7-14)33(29,30)19-16(21)4-3-5-17(19)22/h3-5,14-15H,2,6-13H2,1H3. The zero-order valence-electron chi connectivity index (χ0n) is 18.1. The summed E-state index contributed by atoms with van der Waals surface area (Å²) < 4.78 is 55.7. The Balaban J connectivity index is 1.54. The first kappa shape index (κ1) is 26.2. The van der Waals surface area contributed by atoms with Crippen LogP contribution in [-0.4, -0.2) is 81.7 Å².